The molecule has 1 fully saturated rings. The van der Waals surface area contributed by atoms with E-state index in [1.165, 1.54) is 19.3 Å². The topological polar surface area (TPSA) is 55.1 Å². The number of amides is 1. The Kier molecular flexibility index (Phi) is 4.39. The summed E-state index contributed by atoms with van der Waals surface area (Å²) < 4.78 is 0. The highest BCUT2D eigenvalue weighted by Crippen LogP contribution is 2.17. The second-order valence-electron chi connectivity index (χ2n) is 4.49. The smallest absolute Gasteiger partial charge is 0.224 e. The molecule has 0 aromatic carbocycles. The van der Waals surface area contributed by atoms with Crippen LogP contribution in [0.1, 0.15) is 46.0 Å². The summed E-state index contributed by atoms with van der Waals surface area (Å²) in [7, 11) is 0. The summed E-state index contributed by atoms with van der Waals surface area (Å²) in [6, 6.07) is 0.344. The summed E-state index contributed by atoms with van der Waals surface area (Å²) in [5, 5.41) is 3.08. The molecule has 1 aliphatic carbocycles. The largest absolute Gasteiger partial charge is 0.353 e. The standard InChI is InChI=1S/C11H22N2O/c1-8(9(2)12)11(14)13-10-6-4-3-5-7-10/h8-10H,3-7,12H2,1-2H3,(H,13,14). The van der Waals surface area contributed by atoms with Crippen molar-refractivity contribution in [1.82, 2.24) is 5.32 Å². The third kappa shape index (κ3) is 3.29. The summed E-state index contributed by atoms with van der Waals surface area (Å²) in [6.07, 6.45) is 6.08. The van der Waals surface area contributed by atoms with Crippen LogP contribution in [0.2, 0.25) is 0 Å². The van der Waals surface area contributed by atoms with Crippen molar-refractivity contribution in [2.75, 3.05) is 0 Å². The number of hydrogen-bond acceptors (Lipinski definition) is 2. The first-order valence-electron chi connectivity index (χ1n) is 5.67. The summed E-state index contributed by atoms with van der Waals surface area (Å²) in [4.78, 5) is 11.7. The normalized spacial score (nSPS) is 22.8. The van der Waals surface area contributed by atoms with Gasteiger partial charge >= 0.3 is 0 Å². The zero-order chi connectivity index (χ0) is 10.6. The monoisotopic (exact) mass is 198 g/mol. The Bertz CT molecular complexity index is 186. The van der Waals surface area contributed by atoms with E-state index in [4.69, 9.17) is 5.73 Å². The fourth-order valence-electron chi connectivity index (χ4n) is 1.82. The molecule has 0 bridgehead atoms. The summed E-state index contributed by atoms with van der Waals surface area (Å²) in [5.41, 5.74) is 5.68. The molecule has 0 aliphatic heterocycles. The van der Waals surface area contributed by atoms with E-state index >= 15 is 0 Å². The summed E-state index contributed by atoms with van der Waals surface area (Å²) in [6.45, 7) is 3.77. The lowest BCUT2D eigenvalue weighted by Crippen LogP contribution is -2.43. The maximum absolute atomic E-state index is 11.7. The van der Waals surface area contributed by atoms with Gasteiger partial charge in [-0.1, -0.05) is 26.2 Å². The first-order chi connectivity index (χ1) is 6.61. The third-order valence-corrected chi connectivity index (χ3v) is 3.15. The number of hydrogen-bond donors (Lipinski definition) is 2. The first-order valence-corrected chi connectivity index (χ1v) is 5.67. The lowest BCUT2D eigenvalue weighted by atomic mass is 9.94. The van der Waals surface area contributed by atoms with Crippen LogP contribution in [-0.2, 0) is 4.79 Å². The van der Waals surface area contributed by atoms with Crippen LogP contribution < -0.4 is 11.1 Å². The fourth-order valence-corrected chi connectivity index (χ4v) is 1.82. The lowest BCUT2D eigenvalue weighted by Gasteiger charge is -2.25. The van der Waals surface area contributed by atoms with Crippen molar-refractivity contribution in [1.29, 1.82) is 0 Å². The number of nitrogens with one attached hydrogen (secondary N) is 1. The minimum absolute atomic E-state index is 0.0569. The van der Waals surface area contributed by atoms with E-state index in [1.54, 1.807) is 0 Å². The molecular formula is C11H22N2O. The van der Waals surface area contributed by atoms with E-state index in [0.717, 1.165) is 12.8 Å². The third-order valence-electron chi connectivity index (χ3n) is 3.15. The highest BCUT2D eigenvalue weighted by molar-refractivity contribution is 5.79. The van der Waals surface area contributed by atoms with Gasteiger partial charge in [-0.2, -0.15) is 0 Å². The van der Waals surface area contributed by atoms with E-state index in [1.807, 2.05) is 13.8 Å². The quantitative estimate of drug-likeness (QED) is 0.720. The molecule has 0 spiro atoms. The van der Waals surface area contributed by atoms with Crippen molar-refractivity contribution in [3.05, 3.63) is 0 Å². The molecule has 3 nitrogen and oxygen atoms in total. The molecule has 3 N–H and O–H groups in total. The van der Waals surface area contributed by atoms with Crippen LogP contribution in [0.5, 0.6) is 0 Å². The molecule has 2 atom stereocenters. The van der Waals surface area contributed by atoms with Gasteiger partial charge in [0.15, 0.2) is 0 Å². The van der Waals surface area contributed by atoms with Gasteiger partial charge < -0.3 is 11.1 Å². The molecular weight excluding hydrogens is 176 g/mol. The Morgan fingerprint density at radius 3 is 2.36 bits per heavy atom. The zero-order valence-corrected chi connectivity index (χ0v) is 9.25. The molecule has 0 aromatic rings. The van der Waals surface area contributed by atoms with Crippen molar-refractivity contribution in [2.45, 2.75) is 58.0 Å². The molecule has 0 aromatic heterocycles. The molecule has 0 saturated heterocycles. The highest BCUT2D eigenvalue weighted by atomic mass is 16.1. The lowest BCUT2D eigenvalue weighted by molar-refractivity contribution is -0.125. The van der Waals surface area contributed by atoms with Crippen molar-refractivity contribution in [2.24, 2.45) is 11.7 Å². The number of carbonyl (C=O) groups is 1. The van der Waals surface area contributed by atoms with Crippen LogP contribution in [-0.4, -0.2) is 18.0 Å². The molecule has 1 saturated carbocycles. The van der Waals surface area contributed by atoms with Gasteiger partial charge in [0.1, 0.15) is 0 Å². The zero-order valence-electron chi connectivity index (χ0n) is 9.25. The predicted octanol–water partition coefficient (Wildman–Crippen LogP) is 1.42. The number of nitrogens with two attached hydrogens (primary N) is 1. The molecule has 2 unspecified atom stereocenters. The van der Waals surface area contributed by atoms with Gasteiger partial charge in [-0.05, 0) is 19.8 Å². The van der Waals surface area contributed by atoms with Gasteiger partial charge in [0.05, 0.1) is 0 Å². The second-order valence-corrected chi connectivity index (χ2v) is 4.49. The van der Waals surface area contributed by atoms with Crippen LogP contribution >= 0.6 is 0 Å². The molecule has 0 heterocycles. The van der Waals surface area contributed by atoms with Crippen molar-refractivity contribution >= 4 is 5.91 Å². The van der Waals surface area contributed by atoms with Gasteiger partial charge in [0.2, 0.25) is 5.91 Å². The average Bonchev–Trinajstić information content (AvgIpc) is 2.18. The molecule has 3 heteroatoms. The predicted molar refractivity (Wildman–Crippen MR) is 57.8 cm³/mol. The maximum Gasteiger partial charge on any atom is 0.224 e. The molecule has 1 rings (SSSR count). The molecule has 82 valence electrons. The maximum atomic E-state index is 11.7. The van der Waals surface area contributed by atoms with E-state index in [2.05, 4.69) is 5.32 Å². The second kappa shape index (κ2) is 5.35. The fraction of sp³-hybridized carbons (Fsp3) is 0.909. The average molecular weight is 198 g/mol. The van der Waals surface area contributed by atoms with Crippen molar-refractivity contribution < 1.29 is 4.79 Å². The Morgan fingerprint density at radius 2 is 1.86 bits per heavy atom. The Hall–Kier alpha value is -0.570. The minimum atomic E-state index is -0.0723. The van der Waals surface area contributed by atoms with Crippen LogP contribution in [0.3, 0.4) is 0 Å². The Morgan fingerprint density at radius 1 is 1.29 bits per heavy atom. The van der Waals surface area contributed by atoms with Crippen LogP contribution in [0.25, 0.3) is 0 Å². The van der Waals surface area contributed by atoms with Crippen molar-refractivity contribution in [3.8, 4) is 0 Å². The van der Waals surface area contributed by atoms with Crippen LogP contribution in [0.15, 0.2) is 0 Å². The van der Waals surface area contributed by atoms with Gasteiger partial charge in [0, 0.05) is 18.0 Å². The van der Waals surface area contributed by atoms with Gasteiger partial charge in [-0.25, -0.2) is 0 Å². The van der Waals surface area contributed by atoms with Crippen molar-refractivity contribution in [3.63, 3.8) is 0 Å². The molecule has 1 aliphatic rings. The van der Waals surface area contributed by atoms with E-state index in [9.17, 15) is 4.79 Å². The van der Waals surface area contributed by atoms with Gasteiger partial charge in [0.25, 0.3) is 0 Å². The highest BCUT2D eigenvalue weighted by Gasteiger charge is 2.21. The number of carbonyl (C=O) groups excluding carboxylic acids is 1. The van der Waals surface area contributed by atoms with Crippen LogP contribution in [0.4, 0.5) is 0 Å². The minimum Gasteiger partial charge on any atom is -0.353 e. The number of rotatable bonds is 3. The van der Waals surface area contributed by atoms with Gasteiger partial charge in [-0.3, -0.25) is 4.79 Å². The van der Waals surface area contributed by atoms with E-state index in [-0.39, 0.29) is 17.9 Å². The molecule has 1 amide bonds. The van der Waals surface area contributed by atoms with Crippen LogP contribution in [0, 0.1) is 5.92 Å². The molecule has 14 heavy (non-hydrogen) atoms. The Labute approximate surface area is 86.4 Å². The van der Waals surface area contributed by atoms with Gasteiger partial charge in [-0.15, -0.1) is 0 Å². The van der Waals surface area contributed by atoms with E-state index < -0.39 is 0 Å². The SMILES string of the molecule is CC(N)C(C)C(=O)NC1CCCCC1. The van der Waals surface area contributed by atoms with E-state index in [0.29, 0.717) is 6.04 Å². The summed E-state index contributed by atoms with van der Waals surface area (Å²) in [5.74, 6) is 0.0452. The molecule has 0 radical (unpaired) electrons. The Balaban J connectivity index is 2.31. The summed E-state index contributed by atoms with van der Waals surface area (Å²) >= 11 is 0. The first kappa shape index (κ1) is 11.5.